The van der Waals surface area contributed by atoms with Crippen molar-refractivity contribution in [3.63, 3.8) is 0 Å². The van der Waals surface area contributed by atoms with Gasteiger partial charge >= 0.3 is 5.97 Å². The van der Waals surface area contributed by atoms with E-state index in [1.54, 1.807) is 6.07 Å². The number of aliphatic carboxylic acids is 1. The number of carboxylic acids is 1. The van der Waals surface area contributed by atoms with Crippen molar-refractivity contribution in [3.05, 3.63) is 35.1 Å². The maximum Gasteiger partial charge on any atom is 0.303 e. The standard InChI is InChI=1S/C13H15FO2/c1-13(2)7-9-8(4-3-5-11(9)14)10(13)6-12(15)16/h3-5,10H,6-7H2,1-2H3,(H,15,16). The van der Waals surface area contributed by atoms with Crippen molar-refractivity contribution in [2.45, 2.75) is 32.6 Å². The molecule has 1 aliphatic carbocycles. The van der Waals surface area contributed by atoms with Crippen LogP contribution in [-0.2, 0) is 11.2 Å². The minimum absolute atomic E-state index is 0.0729. The minimum Gasteiger partial charge on any atom is -0.481 e. The molecular formula is C13H15FO2. The first-order valence-corrected chi connectivity index (χ1v) is 5.41. The summed E-state index contributed by atoms with van der Waals surface area (Å²) < 4.78 is 13.6. The Hall–Kier alpha value is -1.38. The van der Waals surface area contributed by atoms with Crippen molar-refractivity contribution in [3.8, 4) is 0 Å². The Bertz CT molecular complexity index is 438. The zero-order valence-corrected chi connectivity index (χ0v) is 9.46. The number of rotatable bonds is 2. The molecule has 1 aliphatic rings. The topological polar surface area (TPSA) is 37.3 Å². The average Bonchev–Trinajstić information content (AvgIpc) is 2.41. The Morgan fingerprint density at radius 3 is 2.88 bits per heavy atom. The van der Waals surface area contributed by atoms with E-state index in [0.29, 0.717) is 12.0 Å². The predicted octanol–water partition coefficient (Wildman–Crippen LogP) is 2.97. The highest BCUT2D eigenvalue weighted by Crippen LogP contribution is 2.49. The van der Waals surface area contributed by atoms with E-state index in [4.69, 9.17) is 5.11 Å². The molecule has 0 amide bonds. The summed E-state index contributed by atoms with van der Waals surface area (Å²) in [4.78, 5) is 10.8. The van der Waals surface area contributed by atoms with Gasteiger partial charge in [0.25, 0.3) is 0 Å². The summed E-state index contributed by atoms with van der Waals surface area (Å²) in [6.45, 7) is 4.00. The van der Waals surface area contributed by atoms with E-state index in [2.05, 4.69) is 0 Å². The first kappa shape index (κ1) is 11.1. The number of benzene rings is 1. The molecule has 0 fully saturated rings. The van der Waals surface area contributed by atoms with Gasteiger partial charge in [-0.25, -0.2) is 4.39 Å². The van der Waals surface area contributed by atoms with Crippen LogP contribution in [-0.4, -0.2) is 11.1 Å². The number of fused-ring (bicyclic) bond motifs is 1. The van der Waals surface area contributed by atoms with Crippen molar-refractivity contribution in [1.82, 2.24) is 0 Å². The molecule has 16 heavy (non-hydrogen) atoms. The van der Waals surface area contributed by atoms with Crippen molar-refractivity contribution < 1.29 is 14.3 Å². The Morgan fingerprint density at radius 2 is 2.25 bits per heavy atom. The van der Waals surface area contributed by atoms with E-state index < -0.39 is 5.97 Å². The second-order valence-electron chi connectivity index (χ2n) is 5.12. The van der Waals surface area contributed by atoms with Gasteiger partial charge in [0, 0.05) is 5.92 Å². The molecule has 0 bridgehead atoms. The van der Waals surface area contributed by atoms with Crippen LogP contribution in [0, 0.1) is 11.2 Å². The summed E-state index contributed by atoms with van der Waals surface area (Å²) in [6, 6.07) is 4.95. The number of halogens is 1. The van der Waals surface area contributed by atoms with Crippen LogP contribution in [0.1, 0.15) is 37.3 Å². The molecule has 3 heteroatoms. The van der Waals surface area contributed by atoms with Gasteiger partial charge in [0.15, 0.2) is 0 Å². The SMILES string of the molecule is CC1(C)Cc2c(F)cccc2C1CC(=O)O. The number of carboxylic acid groups (broad SMARTS) is 1. The monoisotopic (exact) mass is 222 g/mol. The second-order valence-corrected chi connectivity index (χ2v) is 5.12. The van der Waals surface area contributed by atoms with Crippen molar-refractivity contribution in [2.75, 3.05) is 0 Å². The number of hydrogen-bond donors (Lipinski definition) is 1. The van der Waals surface area contributed by atoms with Gasteiger partial charge in [-0.15, -0.1) is 0 Å². The van der Waals surface area contributed by atoms with Crippen molar-refractivity contribution in [2.24, 2.45) is 5.41 Å². The largest absolute Gasteiger partial charge is 0.481 e. The molecular weight excluding hydrogens is 207 g/mol. The third-order valence-electron chi connectivity index (χ3n) is 3.48. The number of hydrogen-bond acceptors (Lipinski definition) is 1. The Kier molecular flexibility index (Phi) is 2.49. The summed E-state index contributed by atoms with van der Waals surface area (Å²) in [5, 5.41) is 8.91. The summed E-state index contributed by atoms with van der Waals surface area (Å²) in [6.07, 6.45) is 0.691. The van der Waals surface area contributed by atoms with Gasteiger partial charge in [-0.05, 0) is 29.0 Å². The Balaban J connectivity index is 2.45. The molecule has 1 unspecified atom stereocenters. The first-order valence-electron chi connectivity index (χ1n) is 5.41. The van der Waals surface area contributed by atoms with Gasteiger partial charge in [0.05, 0.1) is 6.42 Å². The molecule has 0 aliphatic heterocycles. The molecule has 2 rings (SSSR count). The molecule has 1 aromatic rings. The molecule has 86 valence electrons. The molecule has 0 radical (unpaired) electrons. The molecule has 0 spiro atoms. The van der Waals surface area contributed by atoms with E-state index in [9.17, 15) is 9.18 Å². The van der Waals surface area contributed by atoms with Gasteiger partial charge in [-0.3, -0.25) is 4.79 Å². The number of carbonyl (C=O) groups is 1. The highest BCUT2D eigenvalue weighted by atomic mass is 19.1. The molecule has 0 saturated carbocycles. The van der Waals surface area contributed by atoms with Gasteiger partial charge in [-0.1, -0.05) is 26.0 Å². The lowest BCUT2D eigenvalue weighted by atomic mass is 9.78. The smallest absolute Gasteiger partial charge is 0.303 e. The van der Waals surface area contributed by atoms with E-state index in [1.807, 2.05) is 19.9 Å². The normalized spacial score (nSPS) is 21.8. The lowest BCUT2D eigenvalue weighted by Gasteiger charge is -2.26. The summed E-state index contributed by atoms with van der Waals surface area (Å²) in [7, 11) is 0. The Labute approximate surface area is 94.1 Å². The van der Waals surface area contributed by atoms with Crippen LogP contribution in [0.3, 0.4) is 0 Å². The van der Waals surface area contributed by atoms with Gasteiger partial charge in [0.2, 0.25) is 0 Å². The molecule has 1 aromatic carbocycles. The predicted molar refractivity (Wildman–Crippen MR) is 58.9 cm³/mol. The third kappa shape index (κ3) is 1.70. The fourth-order valence-corrected chi connectivity index (χ4v) is 2.65. The van der Waals surface area contributed by atoms with Crippen LogP contribution < -0.4 is 0 Å². The van der Waals surface area contributed by atoms with Gasteiger partial charge in [0.1, 0.15) is 5.82 Å². The molecule has 0 heterocycles. The third-order valence-corrected chi connectivity index (χ3v) is 3.48. The summed E-state index contributed by atoms with van der Waals surface area (Å²) >= 11 is 0. The lowest BCUT2D eigenvalue weighted by Crippen LogP contribution is -2.20. The summed E-state index contributed by atoms with van der Waals surface area (Å²) in [5.74, 6) is -1.12. The average molecular weight is 222 g/mol. The molecule has 1 atom stereocenters. The van der Waals surface area contributed by atoms with Crippen molar-refractivity contribution >= 4 is 5.97 Å². The first-order chi connectivity index (χ1) is 7.42. The quantitative estimate of drug-likeness (QED) is 0.835. The van der Waals surface area contributed by atoms with Crippen LogP contribution in [0.2, 0.25) is 0 Å². The van der Waals surface area contributed by atoms with Crippen LogP contribution in [0.25, 0.3) is 0 Å². The van der Waals surface area contributed by atoms with Gasteiger partial charge < -0.3 is 5.11 Å². The van der Waals surface area contributed by atoms with Crippen molar-refractivity contribution in [1.29, 1.82) is 0 Å². The zero-order valence-electron chi connectivity index (χ0n) is 9.46. The molecule has 0 saturated heterocycles. The lowest BCUT2D eigenvalue weighted by molar-refractivity contribution is -0.138. The Morgan fingerprint density at radius 1 is 1.56 bits per heavy atom. The summed E-state index contributed by atoms with van der Waals surface area (Å²) in [5.41, 5.74) is 1.38. The maximum atomic E-state index is 13.6. The fourth-order valence-electron chi connectivity index (χ4n) is 2.65. The van der Waals surface area contributed by atoms with Gasteiger partial charge in [-0.2, -0.15) is 0 Å². The van der Waals surface area contributed by atoms with Crippen LogP contribution in [0.4, 0.5) is 4.39 Å². The van der Waals surface area contributed by atoms with Crippen LogP contribution in [0.5, 0.6) is 0 Å². The van der Waals surface area contributed by atoms with E-state index in [-0.39, 0.29) is 23.6 Å². The highest BCUT2D eigenvalue weighted by Gasteiger charge is 2.41. The van der Waals surface area contributed by atoms with E-state index >= 15 is 0 Å². The zero-order chi connectivity index (χ0) is 11.9. The molecule has 0 aromatic heterocycles. The molecule has 1 N–H and O–H groups in total. The highest BCUT2D eigenvalue weighted by molar-refractivity contribution is 5.69. The second kappa shape index (κ2) is 3.58. The minimum atomic E-state index is -0.824. The maximum absolute atomic E-state index is 13.6. The van der Waals surface area contributed by atoms with E-state index in [1.165, 1.54) is 6.07 Å². The van der Waals surface area contributed by atoms with Crippen LogP contribution >= 0.6 is 0 Å². The fraction of sp³-hybridized carbons (Fsp3) is 0.462. The molecule has 2 nitrogen and oxygen atoms in total. The van der Waals surface area contributed by atoms with Crippen LogP contribution in [0.15, 0.2) is 18.2 Å². The van der Waals surface area contributed by atoms with E-state index in [0.717, 1.165) is 5.56 Å².